The minimum atomic E-state index is -2.85. The molecule has 0 heterocycles. The summed E-state index contributed by atoms with van der Waals surface area (Å²) in [5, 5.41) is 3.10. The molecule has 0 bridgehead atoms. The summed E-state index contributed by atoms with van der Waals surface area (Å²) < 4.78 is 34.4. The zero-order chi connectivity index (χ0) is 13.5. The van der Waals surface area contributed by atoms with Crippen molar-refractivity contribution in [2.75, 3.05) is 14.2 Å². The van der Waals surface area contributed by atoms with E-state index >= 15 is 0 Å². The molecule has 102 valence electrons. The lowest BCUT2D eigenvalue weighted by Gasteiger charge is -2.16. The number of nitrogens with one attached hydrogen (secondary N) is 1. The molecule has 1 atom stereocenters. The van der Waals surface area contributed by atoms with Gasteiger partial charge in [-0.1, -0.05) is 12.1 Å². The number of rotatable bonds is 7. The fraction of sp³-hybridized carbons (Fsp3) is 0.538. The van der Waals surface area contributed by atoms with Crippen molar-refractivity contribution < 1.29 is 18.3 Å². The van der Waals surface area contributed by atoms with Gasteiger partial charge in [-0.05, 0) is 38.4 Å². The van der Waals surface area contributed by atoms with Crippen LogP contribution in [0.3, 0.4) is 0 Å². The van der Waals surface area contributed by atoms with Crippen molar-refractivity contribution in [3.63, 3.8) is 0 Å². The van der Waals surface area contributed by atoms with E-state index in [-0.39, 0.29) is 5.75 Å². The summed E-state index contributed by atoms with van der Waals surface area (Å²) in [6.45, 7) is -0.810. The number of hydrogen-bond donors (Lipinski definition) is 1. The van der Waals surface area contributed by atoms with Gasteiger partial charge in [0.2, 0.25) is 0 Å². The molecule has 1 rings (SSSR count). The number of benzene rings is 1. The fourth-order valence-electron chi connectivity index (χ4n) is 1.66. The molecule has 0 saturated carbocycles. The zero-order valence-corrected chi connectivity index (χ0v) is 10.9. The molecule has 0 saturated heterocycles. The van der Waals surface area contributed by atoms with Crippen molar-refractivity contribution in [3.05, 3.63) is 23.8 Å². The molecule has 0 aromatic heterocycles. The highest BCUT2D eigenvalue weighted by atomic mass is 19.3. The van der Waals surface area contributed by atoms with Gasteiger partial charge in [0.25, 0.3) is 0 Å². The Morgan fingerprint density at radius 2 is 2.06 bits per heavy atom. The second kappa shape index (κ2) is 7.16. The molecule has 18 heavy (non-hydrogen) atoms. The largest absolute Gasteiger partial charge is 0.493 e. The highest BCUT2D eigenvalue weighted by Crippen LogP contribution is 2.33. The summed E-state index contributed by atoms with van der Waals surface area (Å²) in [6, 6.07) is 5.48. The maximum atomic E-state index is 12.4. The lowest BCUT2D eigenvalue weighted by atomic mass is 10.0. The first-order valence-corrected chi connectivity index (χ1v) is 5.86. The maximum absolute atomic E-state index is 12.4. The predicted octanol–water partition coefficient (Wildman–Crippen LogP) is 2.84. The van der Waals surface area contributed by atoms with E-state index in [2.05, 4.69) is 10.1 Å². The van der Waals surface area contributed by atoms with Gasteiger partial charge >= 0.3 is 6.61 Å². The maximum Gasteiger partial charge on any atom is 0.387 e. The molecule has 1 aromatic carbocycles. The van der Waals surface area contributed by atoms with Gasteiger partial charge in [0.1, 0.15) is 0 Å². The van der Waals surface area contributed by atoms with Crippen molar-refractivity contribution in [2.45, 2.75) is 32.4 Å². The van der Waals surface area contributed by atoms with Crippen LogP contribution >= 0.6 is 0 Å². The molecule has 0 aliphatic heterocycles. The van der Waals surface area contributed by atoms with Crippen LogP contribution in [-0.4, -0.2) is 26.8 Å². The lowest BCUT2D eigenvalue weighted by molar-refractivity contribution is -0.0518. The van der Waals surface area contributed by atoms with Gasteiger partial charge in [-0.3, -0.25) is 0 Å². The third-order valence-electron chi connectivity index (χ3n) is 2.83. The zero-order valence-electron chi connectivity index (χ0n) is 10.9. The Morgan fingerprint density at radius 1 is 1.33 bits per heavy atom. The molecule has 0 spiro atoms. The highest BCUT2D eigenvalue weighted by Gasteiger charge is 2.15. The van der Waals surface area contributed by atoms with Crippen LogP contribution in [0, 0.1) is 0 Å². The van der Waals surface area contributed by atoms with Gasteiger partial charge in [0.05, 0.1) is 7.11 Å². The summed E-state index contributed by atoms with van der Waals surface area (Å²) in [5.74, 6) is 0.475. The van der Waals surface area contributed by atoms with Gasteiger partial charge in [0, 0.05) is 6.04 Å². The summed E-state index contributed by atoms with van der Waals surface area (Å²) in [5.41, 5.74) is 0.733. The second-order valence-electron chi connectivity index (χ2n) is 4.06. The van der Waals surface area contributed by atoms with E-state index in [0.29, 0.717) is 18.2 Å². The van der Waals surface area contributed by atoms with Crippen LogP contribution in [0.15, 0.2) is 18.2 Å². The Hall–Kier alpha value is -1.36. The van der Waals surface area contributed by atoms with Crippen LogP contribution < -0.4 is 14.8 Å². The average Bonchev–Trinajstić information content (AvgIpc) is 2.36. The summed E-state index contributed by atoms with van der Waals surface area (Å²) >= 11 is 0. The van der Waals surface area contributed by atoms with Crippen molar-refractivity contribution >= 4 is 0 Å². The van der Waals surface area contributed by atoms with Crippen molar-refractivity contribution in [3.8, 4) is 11.5 Å². The smallest absolute Gasteiger partial charge is 0.387 e. The van der Waals surface area contributed by atoms with E-state index in [4.69, 9.17) is 4.74 Å². The number of para-hydroxylation sites is 1. The van der Waals surface area contributed by atoms with Crippen molar-refractivity contribution in [1.82, 2.24) is 5.32 Å². The number of methoxy groups -OCH3 is 1. The number of aryl methyl sites for hydroxylation is 1. The third-order valence-corrected chi connectivity index (χ3v) is 2.83. The first kappa shape index (κ1) is 14.7. The van der Waals surface area contributed by atoms with Crippen LogP contribution in [0.5, 0.6) is 11.5 Å². The van der Waals surface area contributed by atoms with Gasteiger partial charge < -0.3 is 14.8 Å². The van der Waals surface area contributed by atoms with Crippen LogP contribution in [-0.2, 0) is 6.42 Å². The lowest BCUT2D eigenvalue weighted by Crippen LogP contribution is -2.21. The topological polar surface area (TPSA) is 30.5 Å². The minimum absolute atomic E-state index is 0.137. The predicted molar refractivity (Wildman–Crippen MR) is 66.5 cm³/mol. The molecule has 1 aromatic rings. The molecular weight excluding hydrogens is 240 g/mol. The van der Waals surface area contributed by atoms with Gasteiger partial charge in [-0.15, -0.1) is 0 Å². The Kier molecular flexibility index (Phi) is 5.85. The van der Waals surface area contributed by atoms with Crippen LogP contribution in [0.25, 0.3) is 0 Å². The molecule has 0 aliphatic carbocycles. The van der Waals surface area contributed by atoms with E-state index in [0.717, 1.165) is 12.0 Å². The normalized spacial score (nSPS) is 12.6. The van der Waals surface area contributed by atoms with Crippen molar-refractivity contribution in [2.24, 2.45) is 0 Å². The average molecular weight is 259 g/mol. The van der Waals surface area contributed by atoms with Gasteiger partial charge in [-0.2, -0.15) is 8.78 Å². The quantitative estimate of drug-likeness (QED) is 0.816. The molecule has 1 unspecified atom stereocenters. The first-order valence-electron chi connectivity index (χ1n) is 5.86. The van der Waals surface area contributed by atoms with Gasteiger partial charge in [0.15, 0.2) is 11.5 Å². The molecule has 1 N–H and O–H groups in total. The number of halogens is 2. The number of ether oxygens (including phenoxy) is 2. The Balaban J connectivity index is 2.87. The molecular formula is C13H19F2NO2. The summed E-state index contributed by atoms with van der Waals surface area (Å²) in [6.07, 6.45) is 1.49. The minimum Gasteiger partial charge on any atom is -0.493 e. The standard InChI is InChI=1S/C13H19F2NO2/c1-9(16-2)7-8-10-5-4-6-11(17-3)12(10)18-13(14)15/h4-6,9,13,16H,7-8H2,1-3H3. The van der Waals surface area contributed by atoms with E-state index in [1.807, 2.05) is 14.0 Å². The molecule has 0 radical (unpaired) electrons. The molecule has 0 aliphatic rings. The number of hydrogen-bond acceptors (Lipinski definition) is 3. The van der Waals surface area contributed by atoms with Crippen molar-refractivity contribution in [1.29, 1.82) is 0 Å². The molecule has 3 nitrogen and oxygen atoms in total. The summed E-state index contributed by atoms with van der Waals surface area (Å²) in [4.78, 5) is 0. The first-order chi connectivity index (χ1) is 8.58. The SMILES string of the molecule is CNC(C)CCc1cccc(OC)c1OC(F)F. The van der Waals surface area contributed by atoms with Crippen LogP contribution in [0.4, 0.5) is 8.78 Å². The monoisotopic (exact) mass is 259 g/mol. The van der Waals surface area contributed by atoms with E-state index in [9.17, 15) is 8.78 Å². The Morgan fingerprint density at radius 3 is 2.61 bits per heavy atom. The number of alkyl halides is 2. The molecule has 5 heteroatoms. The van der Waals surface area contributed by atoms with Crippen LogP contribution in [0.1, 0.15) is 18.9 Å². The van der Waals surface area contributed by atoms with E-state index < -0.39 is 6.61 Å². The van der Waals surface area contributed by atoms with Crippen LogP contribution in [0.2, 0.25) is 0 Å². The van der Waals surface area contributed by atoms with Gasteiger partial charge in [-0.25, -0.2) is 0 Å². The molecule has 0 amide bonds. The summed E-state index contributed by atoms with van der Waals surface area (Å²) in [7, 11) is 3.31. The Labute approximate surface area is 106 Å². The van der Waals surface area contributed by atoms with E-state index in [1.54, 1.807) is 18.2 Å². The molecule has 0 fully saturated rings. The second-order valence-corrected chi connectivity index (χ2v) is 4.06. The Bertz CT molecular complexity index is 372. The fourth-order valence-corrected chi connectivity index (χ4v) is 1.66. The third kappa shape index (κ3) is 4.14. The highest BCUT2D eigenvalue weighted by molar-refractivity contribution is 5.46. The van der Waals surface area contributed by atoms with E-state index in [1.165, 1.54) is 7.11 Å².